The minimum Gasteiger partial charge on any atom is -0.352 e. The molecule has 0 heterocycles. The molecule has 7 nitrogen and oxygen atoms in total. The number of hydrogen-bond acceptors (Lipinski definition) is 4. The van der Waals surface area contributed by atoms with Gasteiger partial charge in [0.25, 0.3) is 0 Å². The zero-order valence-corrected chi connectivity index (χ0v) is 23.2. The van der Waals surface area contributed by atoms with Crippen molar-refractivity contribution in [2.75, 3.05) is 17.1 Å². The number of hydrogen-bond donors (Lipinski definition) is 1. The molecular weight excluding hydrogens is 519 g/mol. The normalized spacial score (nSPS) is 13.5. The quantitative estimate of drug-likeness (QED) is 0.404. The predicted octanol–water partition coefficient (Wildman–Crippen LogP) is 4.89. The average molecular weight is 556 g/mol. The molecule has 38 heavy (non-hydrogen) atoms. The molecule has 2 aromatic carbocycles. The van der Waals surface area contributed by atoms with Crippen molar-refractivity contribution in [2.45, 2.75) is 71.8 Å². The molecule has 2 amide bonds. The van der Waals surface area contributed by atoms with Crippen LogP contribution in [0.25, 0.3) is 0 Å². The van der Waals surface area contributed by atoms with Crippen molar-refractivity contribution < 1.29 is 31.2 Å². The molecule has 0 aliphatic rings. The van der Waals surface area contributed by atoms with Gasteiger partial charge in [-0.2, -0.15) is 13.2 Å². The number of sulfonamides is 1. The van der Waals surface area contributed by atoms with Crippen molar-refractivity contribution in [2.24, 2.45) is 0 Å². The van der Waals surface area contributed by atoms with Crippen LogP contribution < -0.4 is 9.62 Å². The second-order valence-electron chi connectivity index (χ2n) is 9.43. The molecule has 2 rings (SSSR count). The highest BCUT2D eigenvalue weighted by Crippen LogP contribution is 2.32. The molecule has 0 saturated heterocycles. The summed E-state index contributed by atoms with van der Waals surface area (Å²) in [4.78, 5) is 27.7. The number of carbonyl (C=O) groups excluding carboxylic acids is 2. The molecular formula is C27H36F3N3O4S. The van der Waals surface area contributed by atoms with Crippen LogP contribution in [-0.2, 0) is 32.3 Å². The van der Waals surface area contributed by atoms with Crippen LogP contribution in [0, 0.1) is 6.92 Å². The maximum atomic E-state index is 13.3. The Bertz CT molecular complexity index is 1220. The Morgan fingerprint density at radius 3 is 2.29 bits per heavy atom. The van der Waals surface area contributed by atoms with Gasteiger partial charge in [-0.3, -0.25) is 13.9 Å². The number of aryl methyl sites for hydroxylation is 1. The Hall–Kier alpha value is -3.08. The van der Waals surface area contributed by atoms with Gasteiger partial charge in [0.05, 0.1) is 17.5 Å². The summed E-state index contributed by atoms with van der Waals surface area (Å²) in [7, 11) is -3.92. The molecule has 210 valence electrons. The van der Waals surface area contributed by atoms with Gasteiger partial charge >= 0.3 is 6.18 Å². The van der Waals surface area contributed by atoms with Gasteiger partial charge in [0.2, 0.25) is 21.8 Å². The molecule has 0 unspecified atom stereocenters. The Kier molecular flexibility index (Phi) is 10.8. The lowest BCUT2D eigenvalue weighted by Crippen LogP contribution is -2.49. The molecule has 0 radical (unpaired) electrons. The summed E-state index contributed by atoms with van der Waals surface area (Å²) in [5, 5.41) is 2.89. The first-order valence-corrected chi connectivity index (χ1v) is 14.3. The van der Waals surface area contributed by atoms with Crippen LogP contribution in [0.15, 0.2) is 48.5 Å². The van der Waals surface area contributed by atoms with E-state index in [1.54, 1.807) is 6.92 Å². The summed E-state index contributed by atoms with van der Waals surface area (Å²) in [6, 6.07) is 10.7. The molecule has 0 fully saturated rings. The number of benzene rings is 2. The van der Waals surface area contributed by atoms with Crippen molar-refractivity contribution in [3.05, 3.63) is 65.2 Å². The molecule has 11 heteroatoms. The van der Waals surface area contributed by atoms with Gasteiger partial charge in [0, 0.05) is 25.6 Å². The molecule has 1 N–H and O–H groups in total. The van der Waals surface area contributed by atoms with Crippen molar-refractivity contribution in [1.29, 1.82) is 0 Å². The van der Waals surface area contributed by atoms with Crippen LogP contribution in [0.3, 0.4) is 0 Å². The molecule has 0 aliphatic heterocycles. The van der Waals surface area contributed by atoms with Gasteiger partial charge < -0.3 is 10.2 Å². The van der Waals surface area contributed by atoms with Crippen LogP contribution in [0.2, 0.25) is 0 Å². The predicted molar refractivity (Wildman–Crippen MR) is 142 cm³/mol. The van der Waals surface area contributed by atoms with E-state index in [1.165, 1.54) is 11.0 Å². The summed E-state index contributed by atoms with van der Waals surface area (Å²) in [6.45, 7) is 7.33. The third kappa shape index (κ3) is 8.75. The van der Waals surface area contributed by atoms with E-state index in [0.717, 1.165) is 46.3 Å². The summed E-state index contributed by atoms with van der Waals surface area (Å²) < 4.78 is 65.2. The summed E-state index contributed by atoms with van der Waals surface area (Å²) >= 11 is 0. The van der Waals surface area contributed by atoms with E-state index in [9.17, 15) is 31.2 Å². The largest absolute Gasteiger partial charge is 0.416 e. The first-order valence-electron chi connectivity index (χ1n) is 12.4. The fraction of sp³-hybridized carbons (Fsp3) is 0.481. The van der Waals surface area contributed by atoms with E-state index in [1.807, 2.05) is 45.0 Å². The first-order chi connectivity index (χ1) is 17.6. The lowest BCUT2D eigenvalue weighted by atomic mass is 10.1. The number of amides is 2. The molecule has 0 saturated carbocycles. The van der Waals surface area contributed by atoms with Gasteiger partial charge in [-0.15, -0.1) is 0 Å². The smallest absolute Gasteiger partial charge is 0.352 e. The molecule has 2 atom stereocenters. The highest BCUT2D eigenvalue weighted by molar-refractivity contribution is 7.92. The monoisotopic (exact) mass is 555 g/mol. The molecule has 0 aromatic heterocycles. The van der Waals surface area contributed by atoms with Crippen molar-refractivity contribution >= 4 is 27.5 Å². The number of nitrogens with one attached hydrogen (secondary N) is 1. The van der Waals surface area contributed by atoms with Crippen LogP contribution >= 0.6 is 0 Å². The minimum atomic E-state index is -4.63. The van der Waals surface area contributed by atoms with Crippen molar-refractivity contribution in [1.82, 2.24) is 10.2 Å². The number of nitrogens with zero attached hydrogens (tertiary/aromatic N) is 2. The number of carbonyl (C=O) groups is 2. The fourth-order valence-electron chi connectivity index (χ4n) is 3.86. The summed E-state index contributed by atoms with van der Waals surface area (Å²) in [5.74, 6) is -0.666. The third-order valence-electron chi connectivity index (χ3n) is 6.38. The average Bonchev–Trinajstić information content (AvgIpc) is 2.84. The Morgan fingerprint density at radius 2 is 1.71 bits per heavy atom. The lowest BCUT2D eigenvalue weighted by molar-refractivity contribution is -0.140. The molecule has 0 aliphatic carbocycles. The van der Waals surface area contributed by atoms with Crippen LogP contribution in [0.5, 0.6) is 0 Å². The van der Waals surface area contributed by atoms with E-state index in [0.29, 0.717) is 0 Å². The van der Waals surface area contributed by atoms with E-state index in [4.69, 9.17) is 0 Å². The topological polar surface area (TPSA) is 86.8 Å². The van der Waals surface area contributed by atoms with Gasteiger partial charge in [-0.05, 0) is 62.9 Å². The van der Waals surface area contributed by atoms with Crippen molar-refractivity contribution in [3.8, 4) is 0 Å². The summed E-state index contributed by atoms with van der Waals surface area (Å²) in [6.07, 6.45) is -3.05. The zero-order valence-electron chi connectivity index (χ0n) is 22.4. The molecule has 0 spiro atoms. The van der Waals surface area contributed by atoms with Gasteiger partial charge in [0.1, 0.15) is 6.04 Å². The van der Waals surface area contributed by atoms with Crippen LogP contribution in [0.1, 0.15) is 56.7 Å². The van der Waals surface area contributed by atoms with E-state index < -0.39 is 27.8 Å². The Labute approximate surface area is 223 Å². The standard InChI is InChI=1S/C27H36F3N3O4S/c1-6-20(3)31-26(35)21(4)32(18-22-12-8-7-11-19(22)2)25(34)15-10-16-33(38(5,36)37)24-14-9-13-23(17-24)27(28,29)30/h7-9,11-14,17,20-21H,6,10,15-16,18H2,1-5H3,(H,31,35)/t20-,21-/m0/s1. The lowest BCUT2D eigenvalue weighted by Gasteiger charge is -2.30. The number of alkyl halides is 3. The van der Waals surface area contributed by atoms with Crippen LogP contribution in [0.4, 0.5) is 18.9 Å². The van der Waals surface area contributed by atoms with E-state index >= 15 is 0 Å². The highest BCUT2D eigenvalue weighted by atomic mass is 32.2. The SMILES string of the molecule is CC[C@H](C)NC(=O)[C@H](C)N(Cc1ccccc1C)C(=O)CCCN(c1cccc(C(F)(F)F)c1)S(C)(=O)=O. The summed E-state index contributed by atoms with van der Waals surface area (Å²) in [5.41, 5.74) is 0.719. The van der Waals surface area contributed by atoms with Crippen molar-refractivity contribution in [3.63, 3.8) is 0 Å². The van der Waals surface area contributed by atoms with Gasteiger partial charge in [-0.25, -0.2) is 8.42 Å². The number of anilines is 1. The number of halogens is 3. The first kappa shape index (κ1) is 31.1. The number of rotatable bonds is 12. The zero-order chi connectivity index (χ0) is 28.7. The van der Waals surface area contributed by atoms with E-state index in [2.05, 4.69) is 5.32 Å². The molecule has 2 aromatic rings. The van der Waals surface area contributed by atoms with Crippen LogP contribution in [-0.4, -0.2) is 50.0 Å². The Balaban J connectivity index is 2.23. The second kappa shape index (κ2) is 13.1. The maximum absolute atomic E-state index is 13.3. The fourth-order valence-corrected chi connectivity index (χ4v) is 4.82. The second-order valence-corrected chi connectivity index (χ2v) is 11.3. The van der Waals surface area contributed by atoms with E-state index in [-0.39, 0.29) is 49.5 Å². The maximum Gasteiger partial charge on any atom is 0.416 e. The minimum absolute atomic E-state index is 0.0477. The third-order valence-corrected chi connectivity index (χ3v) is 7.58. The highest BCUT2D eigenvalue weighted by Gasteiger charge is 2.32. The Morgan fingerprint density at radius 1 is 1.05 bits per heavy atom. The van der Waals surface area contributed by atoms with Gasteiger partial charge in [-0.1, -0.05) is 37.3 Å². The molecule has 0 bridgehead atoms. The van der Waals surface area contributed by atoms with Gasteiger partial charge in [0.15, 0.2) is 0 Å².